The predicted octanol–water partition coefficient (Wildman–Crippen LogP) is 12.6. The highest BCUT2D eigenvalue weighted by atomic mass is 16.3. The molecule has 0 spiro atoms. The zero-order chi connectivity index (χ0) is 29.7. The first-order chi connectivity index (χ1) is 22.3. The highest BCUT2D eigenvalue weighted by Gasteiger charge is 2.18. The standard InChI is InChI=1S/C44H28O/c1-3-12-29(13-4-1)31-16-11-17-32(26-31)33-22-24-35-36-25-23-34(28-42(36)45-41(35)27-33)44-39-20-9-7-18-37(39)43(30-14-5-2-6-15-30)38-19-8-10-21-40(38)44/h1-28H. The monoisotopic (exact) mass is 572 g/mol. The summed E-state index contributed by atoms with van der Waals surface area (Å²) < 4.78 is 6.61. The van der Waals surface area contributed by atoms with Crippen molar-refractivity contribution in [2.45, 2.75) is 0 Å². The van der Waals surface area contributed by atoms with Gasteiger partial charge in [0.25, 0.3) is 0 Å². The molecule has 8 aromatic carbocycles. The molecule has 0 bridgehead atoms. The molecule has 0 aliphatic heterocycles. The van der Waals surface area contributed by atoms with Crippen molar-refractivity contribution in [3.05, 3.63) is 170 Å². The fraction of sp³-hybridized carbons (Fsp3) is 0. The van der Waals surface area contributed by atoms with Crippen LogP contribution in [0.1, 0.15) is 0 Å². The van der Waals surface area contributed by atoms with Crippen molar-refractivity contribution in [2.75, 3.05) is 0 Å². The molecule has 0 radical (unpaired) electrons. The molecule has 1 heteroatoms. The third-order valence-corrected chi connectivity index (χ3v) is 9.06. The minimum Gasteiger partial charge on any atom is -0.456 e. The van der Waals surface area contributed by atoms with Crippen LogP contribution in [0.25, 0.3) is 88.0 Å². The van der Waals surface area contributed by atoms with Crippen LogP contribution in [0.15, 0.2) is 174 Å². The maximum atomic E-state index is 6.61. The van der Waals surface area contributed by atoms with Crippen LogP contribution in [0.3, 0.4) is 0 Å². The number of hydrogen-bond donors (Lipinski definition) is 0. The molecule has 1 heterocycles. The number of rotatable bonds is 4. The number of fused-ring (bicyclic) bond motifs is 5. The van der Waals surface area contributed by atoms with Crippen LogP contribution in [0.5, 0.6) is 0 Å². The molecule has 210 valence electrons. The molecule has 0 N–H and O–H groups in total. The predicted molar refractivity (Wildman–Crippen MR) is 190 cm³/mol. The molecular weight excluding hydrogens is 544 g/mol. The Kier molecular flexibility index (Phi) is 5.89. The van der Waals surface area contributed by atoms with Crippen molar-refractivity contribution in [1.82, 2.24) is 0 Å². The van der Waals surface area contributed by atoms with Crippen LogP contribution in [-0.4, -0.2) is 0 Å². The maximum Gasteiger partial charge on any atom is 0.136 e. The molecule has 0 atom stereocenters. The lowest BCUT2D eigenvalue weighted by Crippen LogP contribution is -1.90. The average molecular weight is 573 g/mol. The van der Waals surface area contributed by atoms with Gasteiger partial charge in [0.2, 0.25) is 0 Å². The van der Waals surface area contributed by atoms with Crippen molar-refractivity contribution in [1.29, 1.82) is 0 Å². The van der Waals surface area contributed by atoms with Crippen molar-refractivity contribution >= 4 is 43.5 Å². The topological polar surface area (TPSA) is 13.1 Å². The van der Waals surface area contributed by atoms with Gasteiger partial charge in [-0.05, 0) is 96.4 Å². The van der Waals surface area contributed by atoms with E-state index in [2.05, 4.69) is 170 Å². The van der Waals surface area contributed by atoms with E-state index in [4.69, 9.17) is 4.42 Å². The molecule has 1 nitrogen and oxygen atoms in total. The summed E-state index contributed by atoms with van der Waals surface area (Å²) in [6.07, 6.45) is 0. The second kappa shape index (κ2) is 10.4. The summed E-state index contributed by atoms with van der Waals surface area (Å²) in [7, 11) is 0. The lowest BCUT2D eigenvalue weighted by Gasteiger charge is -2.17. The van der Waals surface area contributed by atoms with Gasteiger partial charge in [0.05, 0.1) is 0 Å². The Morgan fingerprint density at radius 2 is 0.644 bits per heavy atom. The molecule has 0 unspecified atom stereocenters. The molecule has 0 saturated carbocycles. The molecule has 0 aliphatic carbocycles. The third-order valence-electron chi connectivity index (χ3n) is 9.06. The van der Waals surface area contributed by atoms with Gasteiger partial charge >= 0.3 is 0 Å². The second-order valence-corrected chi connectivity index (χ2v) is 11.7. The van der Waals surface area contributed by atoms with E-state index in [9.17, 15) is 0 Å². The molecule has 0 fully saturated rings. The van der Waals surface area contributed by atoms with Crippen LogP contribution in [0.4, 0.5) is 0 Å². The van der Waals surface area contributed by atoms with E-state index in [0.717, 1.165) is 33.1 Å². The summed E-state index contributed by atoms with van der Waals surface area (Å²) in [6.45, 7) is 0. The zero-order valence-electron chi connectivity index (χ0n) is 24.6. The second-order valence-electron chi connectivity index (χ2n) is 11.7. The van der Waals surface area contributed by atoms with E-state index in [1.807, 2.05) is 0 Å². The van der Waals surface area contributed by atoms with E-state index in [0.29, 0.717) is 0 Å². The van der Waals surface area contributed by atoms with Crippen LogP contribution < -0.4 is 0 Å². The fourth-order valence-corrected chi connectivity index (χ4v) is 6.98. The van der Waals surface area contributed by atoms with Crippen LogP contribution in [0, 0.1) is 0 Å². The Balaban J connectivity index is 1.21. The Morgan fingerprint density at radius 1 is 0.244 bits per heavy atom. The lowest BCUT2D eigenvalue weighted by molar-refractivity contribution is 0.669. The fourth-order valence-electron chi connectivity index (χ4n) is 6.98. The summed E-state index contributed by atoms with van der Waals surface area (Å²) >= 11 is 0. The number of hydrogen-bond acceptors (Lipinski definition) is 1. The van der Waals surface area contributed by atoms with Crippen molar-refractivity contribution in [3.8, 4) is 44.5 Å². The van der Waals surface area contributed by atoms with Gasteiger partial charge in [-0.1, -0.05) is 140 Å². The van der Waals surface area contributed by atoms with Gasteiger partial charge in [-0.25, -0.2) is 0 Å². The van der Waals surface area contributed by atoms with E-state index >= 15 is 0 Å². The van der Waals surface area contributed by atoms with E-state index in [-0.39, 0.29) is 0 Å². The van der Waals surface area contributed by atoms with E-state index < -0.39 is 0 Å². The summed E-state index contributed by atoms with van der Waals surface area (Å²) in [6, 6.07) is 60.8. The van der Waals surface area contributed by atoms with Gasteiger partial charge in [0, 0.05) is 10.8 Å². The minimum atomic E-state index is 0.901. The molecule has 0 saturated heterocycles. The SMILES string of the molecule is c1ccc(-c2cccc(-c3ccc4c(c3)oc3cc(-c5c6ccccc6c(-c6ccccc6)c6ccccc56)ccc34)c2)cc1. The molecule has 9 rings (SSSR count). The summed E-state index contributed by atoms with van der Waals surface area (Å²) in [5, 5.41) is 7.26. The molecule has 0 amide bonds. The molecular formula is C44H28O. The quantitative estimate of drug-likeness (QED) is 0.191. The molecule has 1 aromatic heterocycles. The zero-order valence-corrected chi connectivity index (χ0v) is 24.6. The van der Waals surface area contributed by atoms with Gasteiger partial charge in [-0.3, -0.25) is 0 Å². The first kappa shape index (κ1) is 25.6. The molecule has 45 heavy (non-hydrogen) atoms. The average Bonchev–Trinajstić information content (AvgIpc) is 3.48. The van der Waals surface area contributed by atoms with Gasteiger partial charge in [0.15, 0.2) is 0 Å². The van der Waals surface area contributed by atoms with Crippen LogP contribution in [0.2, 0.25) is 0 Å². The maximum absolute atomic E-state index is 6.61. The Hall–Kier alpha value is -5.92. The number of benzene rings is 8. The minimum absolute atomic E-state index is 0.901. The molecule has 9 aromatic rings. The summed E-state index contributed by atoms with van der Waals surface area (Å²) in [5.74, 6) is 0. The van der Waals surface area contributed by atoms with Crippen LogP contribution >= 0.6 is 0 Å². The normalized spacial score (nSPS) is 11.6. The number of furan rings is 1. The highest BCUT2D eigenvalue weighted by Crippen LogP contribution is 2.44. The van der Waals surface area contributed by atoms with Gasteiger partial charge in [-0.15, -0.1) is 0 Å². The van der Waals surface area contributed by atoms with Crippen molar-refractivity contribution in [2.24, 2.45) is 0 Å². The molecule has 0 aliphatic rings. The van der Waals surface area contributed by atoms with Gasteiger partial charge < -0.3 is 4.42 Å². The highest BCUT2D eigenvalue weighted by molar-refractivity contribution is 6.22. The third kappa shape index (κ3) is 4.24. The Bertz CT molecular complexity index is 2460. The van der Waals surface area contributed by atoms with Crippen molar-refractivity contribution in [3.63, 3.8) is 0 Å². The smallest absolute Gasteiger partial charge is 0.136 e. The summed E-state index contributed by atoms with van der Waals surface area (Å²) in [5.41, 5.74) is 11.5. The summed E-state index contributed by atoms with van der Waals surface area (Å²) in [4.78, 5) is 0. The van der Waals surface area contributed by atoms with Crippen LogP contribution in [-0.2, 0) is 0 Å². The van der Waals surface area contributed by atoms with Crippen molar-refractivity contribution < 1.29 is 4.42 Å². The Morgan fingerprint density at radius 3 is 1.22 bits per heavy atom. The largest absolute Gasteiger partial charge is 0.456 e. The first-order valence-corrected chi connectivity index (χ1v) is 15.4. The van der Waals surface area contributed by atoms with Gasteiger partial charge in [0.1, 0.15) is 11.2 Å². The Labute approximate surface area is 261 Å². The van der Waals surface area contributed by atoms with Gasteiger partial charge in [-0.2, -0.15) is 0 Å². The first-order valence-electron chi connectivity index (χ1n) is 15.4. The van der Waals surface area contributed by atoms with E-state index in [1.54, 1.807) is 0 Å². The lowest BCUT2D eigenvalue weighted by atomic mass is 9.86. The van der Waals surface area contributed by atoms with E-state index in [1.165, 1.54) is 54.9 Å².